The van der Waals surface area contributed by atoms with Crippen molar-refractivity contribution in [2.24, 2.45) is 5.92 Å². The second-order valence-corrected chi connectivity index (χ2v) is 2.36. The molecule has 0 heterocycles. The van der Waals surface area contributed by atoms with Crippen molar-refractivity contribution >= 4 is 0 Å². The maximum atomic E-state index is 8.91. The first kappa shape index (κ1) is 9.84. The maximum Gasteiger partial charge on any atom is 0.0821 e. The van der Waals surface area contributed by atoms with Crippen LogP contribution in [0.3, 0.4) is 0 Å². The highest BCUT2D eigenvalue weighted by Crippen LogP contribution is 2.07. The van der Waals surface area contributed by atoms with Crippen LogP contribution in [0.4, 0.5) is 0 Å². The van der Waals surface area contributed by atoms with Crippen LogP contribution in [0.1, 0.15) is 6.92 Å². The zero-order chi connectivity index (χ0) is 8.15. The number of hydrogen-bond donors (Lipinski definition) is 4. The first-order valence-electron chi connectivity index (χ1n) is 3.21. The molecule has 4 heteroatoms. The van der Waals surface area contributed by atoms with Crippen molar-refractivity contribution in [3.05, 3.63) is 0 Å². The largest absolute Gasteiger partial charge is 0.394 e. The van der Waals surface area contributed by atoms with Gasteiger partial charge in [-0.2, -0.15) is 0 Å². The molecule has 0 saturated heterocycles. The summed E-state index contributed by atoms with van der Waals surface area (Å²) in [6, 6.07) is 0. The summed E-state index contributed by atoms with van der Waals surface area (Å²) in [5.41, 5.74) is 0. The van der Waals surface area contributed by atoms with Gasteiger partial charge in [-0.3, -0.25) is 0 Å². The highest BCUT2D eigenvalue weighted by atomic mass is 16.3. The van der Waals surface area contributed by atoms with Crippen LogP contribution < -0.4 is 0 Å². The second kappa shape index (κ2) is 4.62. The molecular weight excluding hydrogens is 136 g/mol. The van der Waals surface area contributed by atoms with Gasteiger partial charge in [0.15, 0.2) is 0 Å². The lowest BCUT2D eigenvalue weighted by Crippen LogP contribution is -2.34. The van der Waals surface area contributed by atoms with Crippen molar-refractivity contribution < 1.29 is 20.4 Å². The van der Waals surface area contributed by atoms with Crippen LogP contribution in [-0.4, -0.2) is 45.8 Å². The molecule has 2 atom stereocenters. The van der Waals surface area contributed by atoms with Crippen LogP contribution in [-0.2, 0) is 0 Å². The van der Waals surface area contributed by atoms with Gasteiger partial charge in [0.1, 0.15) is 0 Å². The summed E-state index contributed by atoms with van der Waals surface area (Å²) >= 11 is 0. The summed E-state index contributed by atoms with van der Waals surface area (Å²) in [7, 11) is 0. The Morgan fingerprint density at radius 2 is 1.30 bits per heavy atom. The van der Waals surface area contributed by atoms with Crippen molar-refractivity contribution in [2.45, 2.75) is 19.1 Å². The van der Waals surface area contributed by atoms with E-state index in [0.29, 0.717) is 0 Å². The van der Waals surface area contributed by atoms with Gasteiger partial charge in [-0.05, 0) is 0 Å². The Kier molecular flexibility index (Phi) is 4.55. The number of aliphatic hydroxyl groups is 4. The molecule has 0 fully saturated rings. The highest BCUT2D eigenvalue weighted by Gasteiger charge is 2.20. The molecule has 0 spiro atoms. The van der Waals surface area contributed by atoms with Gasteiger partial charge >= 0.3 is 0 Å². The van der Waals surface area contributed by atoms with Crippen molar-refractivity contribution in [3.63, 3.8) is 0 Å². The third kappa shape index (κ3) is 2.62. The van der Waals surface area contributed by atoms with Crippen molar-refractivity contribution in [1.29, 1.82) is 0 Å². The van der Waals surface area contributed by atoms with Gasteiger partial charge in [0.2, 0.25) is 0 Å². The topological polar surface area (TPSA) is 80.9 Å². The van der Waals surface area contributed by atoms with Crippen LogP contribution >= 0.6 is 0 Å². The average Bonchev–Trinajstić information content (AvgIpc) is 2.00. The third-order valence-electron chi connectivity index (χ3n) is 1.59. The molecule has 0 aliphatic heterocycles. The Balaban J connectivity index is 3.69. The predicted octanol–water partition coefficient (Wildman–Crippen LogP) is -1.67. The van der Waals surface area contributed by atoms with E-state index >= 15 is 0 Å². The Morgan fingerprint density at radius 3 is 1.50 bits per heavy atom. The predicted molar refractivity (Wildman–Crippen MR) is 35.3 cm³/mol. The van der Waals surface area contributed by atoms with Crippen LogP contribution in [0.2, 0.25) is 0 Å². The molecule has 0 aromatic heterocycles. The van der Waals surface area contributed by atoms with Gasteiger partial charge in [-0.1, -0.05) is 6.92 Å². The molecule has 2 unspecified atom stereocenters. The third-order valence-corrected chi connectivity index (χ3v) is 1.59. The number of rotatable bonds is 4. The maximum absolute atomic E-state index is 8.91. The molecule has 0 aliphatic rings. The van der Waals surface area contributed by atoms with Crippen LogP contribution in [0.15, 0.2) is 0 Å². The van der Waals surface area contributed by atoms with Gasteiger partial charge < -0.3 is 20.4 Å². The molecule has 0 rings (SSSR count). The zero-order valence-corrected chi connectivity index (χ0v) is 5.94. The summed E-state index contributed by atoms with van der Waals surface area (Å²) in [5, 5.41) is 34.6. The fourth-order valence-electron chi connectivity index (χ4n) is 0.589. The lowest BCUT2D eigenvalue weighted by Gasteiger charge is -2.20. The van der Waals surface area contributed by atoms with E-state index in [1.54, 1.807) is 6.92 Å². The van der Waals surface area contributed by atoms with E-state index in [9.17, 15) is 0 Å². The van der Waals surface area contributed by atoms with Gasteiger partial charge in [-0.25, -0.2) is 0 Å². The van der Waals surface area contributed by atoms with Gasteiger partial charge in [0, 0.05) is 5.92 Å². The van der Waals surface area contributed by atoms with E-state index < -0.39 is 31.3 Å². The smallest absolute Gasteiger partial charge is 0.0821 e. The number of aliphatic hydroxyl groups excluding tert-OH is 4. The molecule has 0 bridgehead atoms. The summed E-state index contributed by atoms with van der Waals surface area (Å²) in [5.74, 6) is -0.491. The summed E-state index contributed by atoms with van der Waals surface area (Å²) < 4.78 is 0. The lowest BCUT2D eigenvalue weighted by atomic mass is 9.99. The Hall–Kier alpha value is -0.160. The van der Waals surface area contributed by atoms with Gasteiger partial charge in [0.25, 0.3) is 0 Å². The quantitative estimate of drug-likeness (QED) is 0.386. The minimum atomic E-state index is -0.956. The molecule has 0 aromatic rings. The van der Waals surface area contributed by atoms with Crippen molar-refractivity contribution in [1.82, 2.24) is 0 Å². The standard InChI is InChI=1S/C6H14O4/c1-4(5(9)2-7)6(10)3-8/h4-10H,2-3H2,1H3. The molecule has 4 N–H and O–H groups in total. The van der Waals surface area contributed by atoms with E-state index in [1.807, 2.05) is 0 Å². The lowest BCUT2D eigenvalue weighted by molar-refractivity contribution is -0.0286. The van der Waals surface area contributed by atoms with E-state index in [-0.39, 0.29) is 0 Å². The second-order valence-electron chi connectivity index (χ2n) is 2.36. The summed E-state index contributed by atoms with van der Waals surface area (Å²) in [4.78, 5) is 0. The minimum absolute atomic E-state index is 0.391. The molecular formula is C6H14O4. The molecule has 0 aromatic carbocycles. The summed E-state index contributed by atoms with van der Waals surface area (Å²) in [6.45, 7) is 0.776. The monoisotopic (exact) mass is 150 g/mol. The van der Waals surface area contributed by atoms with Crippen LogP contribution in [0.5, 0.6) is 0 Å². The SMILES string of the molecule is CC(C(O)CO)C(O)CO. The summed E-state index contributed by atoms with van der Waals surface area (Å²) in [6.07, 6.45) is -1.91. The normalized spacial score (nSPS) is 20.1. The average molecular weight is 150 g/mol. The molecule has 0 radical (unpaired) electrons. The van der Waals surface area contributed by atoms with Crippen molar-refractivity contribution in [2.75, 3.05) is 13.2 Å². The highest BCUT2D eigenvalue weighted by molar-refractivity contribution is 4.70. The van der Waals surface area contributed by atoms with Crippen molar-refractivity contribution in [3.8, 4) is 0 Å². The Morgan fingerprint density at radius 1 is 1.00 bits per heavy atom. The molecule has 62 valence electrons. The fraction of sp³-hybridized carbons (Fsp3) is 1.00. The Labute approximate surface area is 59.7 Å². The molecule has 0 saturated carbocycles. The van der Waals surface area contributed by atoms with E-state index in [2.05, 4.69) is 0 Å². The van der Waals surface area contributed by atoms with E-state index in [0.717, 1.165) is 0 Å². The van der Waals surface area contributed by atoms with Crippen LogP contribution in [0, 0.1) is 5.92 Å². The Bertz CT molecular complexity index is 75.8. The van der Waals surface area contributed by atoms with E-state index in [1.165, 1.54) is 0 Å². The molecule has 4 nitrogen and oxygen atoms in total. The van der Waals surface area contributed by atoms with Gasteiger partial charge in [0.05, 0.1) is 25.4 Å². The minimum Gasteiger partial charge on any atom is -0.394 e. The van der Waals surface area contributed by atoms with Crippen LogP contribution in [0.25, 0.3) is 0 Å². The first-order valence-corrected chi connectivity index (χ1v) is 3.21. The number of hydrogen-bond acceptors (Lipinski definition) is 4. The first-order chi connectivity index (χ1) is 4.63. The van der Waals surface area contributed by atoms with Gasteiger partial charge in [-0.15, -0.1) is 0 Å². The fourth-order valence-corrected chi connectivity index (χ4v) is 0.589. The molecule has 0 aliphatic carbocycles. The zero-order valence-electron chi connectivity index (χ0n) is 5.94. The molecule has 10 heavy (non-hydrogen) atoms. The van der Waals surface area contributed by atoms with E-state index in [4.69, 9.17) is 20.4 Å². The molecule has 0 amide bonds.